The van der Waals surface area contributed by atoms with Gasteiger partial charge in [0.05, 0.1) is 20.1 Å². The molecule has 0 atom stereocenters. The first kappa shape index (κ1) is 15.1. The summed E-state index contributed by atoms with van der Waals surface area (Å²) in [6.07, 6.45) is 0.227. The zero-order valence-corrected chi connectivity index (χ0v) is 12.2. The van der Waals surface area contributed by atoms with Crippen molar-refractivity contribution in [3.05, 3.63) is 59.2 Å². The Hall–Kier alpha value is -2.33. The van der Waals surface area contributed by atoms with E-state index in [1.807, 2.05) is 37.3 Å². The van der Waals surface area contributed by atoms with E-state index in [2.05, 4.69) is 5.32 Å². The Kier molecular flexibility index (Phi) is 4.95. The van der Waals surface area contributed by atoms with Gasteiger partial charge in [0, 0.05) is 16.8 Å². The maximum atomic E-state index is 12.2. The number of methoxy groups -OCH3 is 1. The molecule has 0 aliphatic heterocycles. The number of para-hydroxylation sites is 1. The highest BCUT2D eigenvalue weighted by Gasteiger charge is 2.10. The Bertz CT molecular complexity index is 638. The van der Waals surface area contributed by atoms with Gasteiger partial charge in [-0.15, -0.1) is 0 Å². The van der Waals surface area contributed by atoms with Crippen molar-refractivity contribution in [2.45, 2.75) is 20.0 Å². The smallest absolute Gasteiger partial charge is 0.228 e. The summed E-state index contributed by atoms with van der Waals surface area (Å²) in [6, 6.07) is 12.9. The van der Waals surface area contributed by atoms with Crippen LogP contribution in [0.25, 0.3) is 0 Å². The minimum atomic E-state index is -0.139. The van der Waals surface area contributed by atoms with Gasteiger partial charge in [-0.05, 0) is 19.1 Å². The number of aryl methyl sites for hydroxylation is 1. The lowest BCUT2D eigenvalue weighted by atomic mass is 10.1. The maximum absolute atomic E-state index is 12.2. The van der Waals surface area contributed by atoms with Crippen LogP contribution in [0.4, 0.5) is 5.69 Å². The molecule has 0 saturated heterocycles. The van der Waals surface area contributed by atoms with Crippen molar-refractivity contribution in [2.24, 2.45) is 0 Å². The predicted molar refractivity (Wildman–Crippen MR) is 82.4 cm³/mol. The topological polar surface area (TPSA) is 58.6 Å². The molecule has 2 aromatic rings. The van der Waals surface area contributed by atoms with Gasteiger partial charge in [-0.1, -0.05) is 35.9 Å². The van der Waals surface area contributed by atoms with Crippen molar-refractivity contribution < 1.29 is 14.6 Å². The number of carbonyl (C=O) groups excluding carboxylic acids is 1. The van der Waals surface area contributed by atoms with E-state index in [1.165, 1.54) is 0 Å². The van der Waals surface area contributed by atoms with Gasteiger partial charge in [0.1, 0.15) is 5.75 Å². The summed E-state index contributed by atoms with van der Waals surface area (Å²) >= 11 is 0. The summed E-state index contributed by atoms with van der Waals surface area (Å²) in [7, 11) is 1.59. The Morgan fingerprint density at radius 1 is 1.19 bits per heavy atom. The minimum Gasteiger partial charge on any atom is -0.496 e. The molecule has 4 nitrogen and oxygen atoms in total. The van der Waals surface area contributed by atoms with E-state index in [0.29, 0.717) is 17.0 Å². The highest BCUT2D eigenvalue weighted by atomic mass is 16.5. The first-order valence-electron chi connectivity index (χ1n) is 6.76. The number of ether oxygens (including phenoxy) is 1. The molecule has 0 heterocycles. The van der Waals surface area contributed by atoms with Gasteiger partial charge < -0.3 is 15.2 Å². The van der Waals surface area contributed by atoms with E-state index < -0.39 is 0 Å². The number of anilines is 1. The molecule has 0 radical (unpaired) electrons. The zero-order chi connectivity index (χ0) is 15.2. The third-order valence-corrected chi connectivity index (χ3v) is 3.25. The zero-order valence-electron chi connectivity index (χ0n) is 12.2. The summed E-state index contributed by atoms with van der Waals surface area (Å²) in [5.41, 5.74) is 3.25. The highest BCUT2D eigenvalue weighted by molar-refractivity contribution is 5.93. The summed E-state index contributed by atoms with van der Waals surface area (Å²) in [5.74, 6) is 0.561. The largest absolute Gasteiger partial charge is 0.496 e. The molecule has 2 N–H and O–H groups in total. The van der Waals surface area contributed by atoms with Crippen molar-refractivity contribution >= 4 is 11.6 Å². The Morgan fingerprint density at radius 3 is 2.67 bits per heavy atom. The fraction of sp³-hybridized carbons (Fsp3) is 0.235. The van der Waals surface area contributed by atoms with Crippen LogP contribution in [0, 0.1) is 6.92 Å². The normalized spacial score (nSPS) is 10.2. The average Bonchev–Trinajstić information content (AvgIpc) is 2.48. The molecule has 0 bridgehead atoms. The van der Waals surface area contributed by atoms with E-state index in [0.717, 1.165) is 11.1 Å². The highest BCUT2D eigenvalue weighted by Crippen LogP contribution is 2.21. The number of benzene rings is 2. The summed E-state index contributed by atoms with van der Waals surface area (Å²) in [5, 5.41) is 12.1. The molecule has 2 aromatic carbocycles. The van der Waals surface area contributed by atoms with Crippen LogP contribution < -0.4 is 10.1 Å². The molecule has 0 aromatic heterocycles. The number of hydrogen-bond donors (Lipinski definition) is 2. The van der Waals surface area contributed by atoms with Crippen LogP contribution in [0.3, 0.4) is 0 Å². The molecule has 0 aliphatic rings. The second kappa shape index (κ2) is 6.90. The summed E-state index contributed by atoms with van der Waals surface area (Å²) in [6.45, 7) is 1.87. The second-order valence-electron chi connectivity index (χ2n) is 4.86. The van der Waals surface area contributed by atoms with E-state index in [1.54, 1.807) is 19.2 Å². The van der Waals surface area contributed by atoms with E-state index in [9.17, 15) is 9.90 Å². The van der Waals surface area contributed by atoms with Crippen LogP contribution in [0.2, 0.25) is 0 Å². The van der Waals surface area contributed by atoms with Crippen molar-refractivity contribution in [1.29, 1.82) is 0 Å². The molecule has 110 valence electrons. The van der Waals surface area contributed by atoms with Gasteiger partial charge in [0.25, 0.3) is 0 Å². The Morgan fingerprint density at radius 2 is 1.95 bits per heavy atom. The van der Waals surface area contributed by atoms with Crippen molar-refractivity contribution in [3.8, 4) is 5.75 Å². The number of rotatable bonds is 5. The lowest BCUT2D eigenvalue weighted by Crippen LogP contribution is -2.16. The number of carbonyl (C=O) groups is 1. The van der Waals surface area contributed by atoms with Crippen LogP contribution >= 0.6 is 0 Å². The molecular formula is C17H19NO3. The molecule has 0 unspecified atom stereocenters. The molecule has 0 saturated carbocycles. The lowest BCUT2D eigenvalue weighted by molar-refractivity contribution is -0.115. The fourth-order valence-corrected chi connectivity index (χ4v) is 2.19. The van der Waals surface area contributed by atoms with E-state index in [-0.39, 0.29) is 18.9 Å². The molecule has 2 rings (SSSR count). The van der Waals surface area contributed by atoms with Crippen LogP contribution in [-0.2, 0) is 17.8 Å². The maximum Gasteiger partial charge on any atom is 0.228 e. The number of aliphatic hydroxyl groups is 1. The minimum absolute atomic E-state index is 0.107. The quantitative estimate of drug-likeness (QED) is 0.888. The number of hydrogen-bond acceptors (Lipinski definition) is 3. The standard InChI is InChI=1S/C17H19NO3/c1-12-7-8-16(21-2)14(9-12)10-17(20)18-15-6-4-3-5-13(15)11-19/h3-9,19H,10-11H2,1-2H3,(H,18,20). The van der Waals surface area contributed by atoms with Crippen molar-refractivity contribution in [1.82, 2.24) is 0 Å². The number of amides is 1. The average molecular weight is 285 g/mol. The van der Waals surface area contributed by atoms with Gasteiger partial charge >= 0.3 is 0 Å². The number of aliphatic hydroxyl groups excluding tert-OH is 1. The lowest BCUT2D eigenvalue weighted by Gasteiger charge is -2.11. The van der Waals surface area contributed by atoms with Gasteiger partial charge in [-0.3, -0.25) is 4.79 Å². The molecule has 21 heavy (non-hydrogen) atoms. The fourth-order valence-electron chi connectivity index (χ4n) is 2.19. The third-order valence-electron chi connectivity index (χ3n) is 3.25. The van der Waals surface area contributed by atoms with Crippen LogP contribution in [0.1, 0.15) is 16.7 Å². The molecule has 0 spiro atoms. The second-order valence-corrected chi connectivity index (χ2v) is 4.86. The van der Waals surface area contributed by atoms with Crippen molar-refractivity contribution in [2.75, 3.05) is 12.4 Å². The number of nitrogens with one attached hydrogen (secondary N) is 1. The van der Waals surface area contributed by atoms with Crippen LogP contribution in [0.5, 0.6) is 5.75 Å². The van der Waals surface area contributed by atoms with Gasteiger partial charge in [-0.25, -0.2) is 0 Å². The third kappa shape index (κ3) is 3.83. The summed E-state index contributed by atoms with van der Waals surface area (Å²) in [4.78, 5) is 12.2. The van der Waals surface area contributed by atoms with Crippen LogP contribution in [-0.4, -0.2) is 18.1 Å². The van der Waals surface area contributed by atoms with E-state index in [4.69, 9.17) is 4.74 Å². The van der Waals surface area contributed by atoms with Crippen molar-refractivity contribution in [3.63, 3.8) is 0 Å². The first-order valence-corrected chi connectivity index (χ1v) is 6.76. The SMILES string of the molecule is COc1ccc(C)cc1CC(=O)Nc1ccccc1CO. The Balaban J connectivity index is 2.13. The Labute approximate surface area is 124 Å². The molecule has 0 fully saturated rings. The molecular weight excluding hydrogens is 266 g/mol. The monoisotopic (exact) mass is 285 g/mol. The van der Waals surface area contributed by atoms with Crippen LogP contribution in [0.15, 0.2) is 42.5 Å². The predicted octanol–water partition coefficient (Wildman–Crippen LogP) is 2.68. The van der Waals surface area contributed by atoms with Gasteiger partial charge in [0.2, 0.25) is 5.91 Å². The van der Waals surface area contributed by atoms with E-state index >= 15 is 0 Å². The molecule has 1 amide bonds. The van der Waals surface area contributed by atoms with Gasteiger partial charge in [-0.2, -0.15) is 0 Å². The first-order chi connectivity index (χ1) is 10.1. The molecule has 0 aliphatic carbocycles. The summed E-state index contributed by atoms with van der Waals surface area (Å²) < 4.78 is 5.28. The molecule has 4 heteroatoms. The van der Waals surface area contributed by atoms with Gasteiger partial charge in [0.15, 0.2) is 0 Å².